The van der Waals surface area contributed by atoms with E-state index in [4.69, 9.17) is 30.5 Å². The highest BCUT2D eigenvalue weighted by Gasteiger charge is 2.18. The van der Waals surface area contributed by atoms with Crippen LogP contribution in [0.25, 0.3) is 6.08 Å². The molecule has 27 heavy (non-hydrogen) atoms. The minimum Gasteiger partial charge on any atom is -0.454 e. The summed E-state index contributed by atoms with van der Waals surface area (Å²) in [5.74, 6) is 1.83. The molecule has 2 aromatic rings. The van der Waals surface area contributed by atoms with Gasteiger partial charge in [-0.25, -0.2) is 0 Å². The molecule has 0 unspecified atom stereocenters. The molecule has 8 heteroatoms. The molecule has 1 amide bonds. The number of benzene rings is 2. The van der Waals surface area contributed by atoms with Crippen LogP contribution in [0.2, 0.25) is 5.02 Å². The highest BCUT2D eigenvalue weighted by atomic mass is 35.5. The summed E-state index contributed by atoms with van der Waals surface area (Å²) >= 11 is 6.19. The summed E-state index contributed by atoms with van der Waals surface area (Å²) in [4.78, 5) is 12.4. The lowest BCUT2D eigenvalue weighted by atomic mass is 10.1. The van der Waals surface area contributed by atoms with Crippen LogP contribution in [0.4, 0.5) is 0 Å². The molecule has 0 spiro atoms. The number of carbonyl (C=O) groups is 1. The first kappa shape index (κ1) is 17.1. The third-order valence-electron chi connectivity index (χ3n) is 4.05. The van der Waals surface area contributed by atoms with Gasteiger partial charge in [0.25, 0.3) is 5.91 Å². The maximum atomic E-state index is 12.4. The fourth-order valence-electron chi connectivity index (χ4n) is 2.68. The Labute approximate surface area is 159 Å². The Bertz CT molecular complexity index is 996. The molecule has 2 heterocycles. The standard InChI is InChI=1S/C19H13ClN2O5/c20-14-6-18-17(26-10-27-18)5-12(14)4-13(7-21)19(23)22-8-11-1-2-15-16(3-11)25-9-24-15/h1-6H,8-10H2,(H,22,23). The molecule has 2 aromatic carbocycles. The van der Waals surface area contributed by atoms with Crippen LogP contribution in [0, 0.1) is 11.3 Å². The third-order valence-corrected chi connectivity index (χ3v) is 4.37. The largest absolute Gasteiger partial charge is 0.454 e. The lowest BCUT2D eigenvalue weighted by Crippen LogP contribution is -2.23. The van der Waals surface area contributed by atoms with Gasteiger partial charge in [0.2, 0.25) is 13.6 Å². The molecule has 0 bridgehead atoms. The Morgan fingerprint density at radius 2 is 1.74 bits per heavy atom. The number of nitrogens with one attached hydrogen (secondary N) is 1. The first-order chi connectivity index (χ1) is 13.1. The number of rotatable bonds is 4. The number of carbonyl (C=O) groups excluding carboxylic acids is 1. The van der Waals surface area contributed by atoms with Gasteiger partial charge in [-0.15, -0.1) is 0 Å². The Morgan fingerprint density at radius 3 is 2.48 bits per heavy atom. The molecule has 0 fully saturated rings. The Hall–Kier alpha value is -3.37. The van der Waals surface area contributed by atoms with Crippen LogP contribution in [0.15, 0.2) is 35.9 Å². The van der Waals surface area contributed by atoms with E-state index in [-0.39, 0.29) is 25.7 Å². The van der Waals surface area contributed by atoms with Gasteiger partial charge in [-0.1, -0.05) is 17.7 Å². The summed E-state index contributed by atoms with van der Waals surface area (Å²) in [6.07, 6.45) is 1.42. The van der Waals surface area contributed by atoms with Crippen molar-refractivity contribution in [3.05, 3.63) is 52.1 Å². The quantitative estimate of drug-likeness (QED) is 0.643. The van der Waals surface area contributed by atoms with Crippen molar-refractivity contribution in [2.75, 3.05) is 13.6 Å². The molecule has 136 valence electrons. The predicted molar refractivity (Wildman–Crippen MR) is 95.6 cm³/mol. The maximum Gasteiger partial charge on any atom is 0.262 e. The van der Waals surface area contributed by atoms with Crippen molar-refractivity contribution in [1.29, 1.82) is 5.26 Å². The normalized spacial score (nSPS) is 14.0. The number of hydrogen-bond donors (Lipinski definition) is 1. The first-order valence-corrected chi connectivity index (χ1v) is 8.39. The van der Waals surface area contributed by atoms with E-state index in [1.807, 2.05) is 12.1 Å². The van der Waals surface area contributed by atoms with Crippen molar-refractivity contribution in [2.24, 2.45) is 0 Å². The molecule has 7 nitrogen and oxygen atoms in total. The summed E-state index contributed by atoms with van der Waals surface area (Å²) in [5, 5.41) is 12.4. The minimum absolute atomic E-state index is 0.0727. The molecule has 0 aliphatic carbocycles. The number of nitriles is 1. The van der Waals surface area contributed by atoms with E-state index in [0.29, 0.717) is 33.6 Å². The van der Waals surface area contributed by atoms with Gasteiger partial charge < -0.3 is 24.3 Å². The van der Waals surface area contributed by atoms with Gasteiger partial charge in [0, 0.05) is 12.6 Å². The van der Waals surface area contributed by atoms with Crippen LogP contribution in [-0.2, 0) is 11.3 Å². The molecule has 2 aliphatic rings. The summed E-state index contributed by atoms with van der Waals surface area (Å²) in [6.45, 7) is 0.534. The lowest BCUT2D eigenvalue weighted by molar-refractivity contribution is -0.117. The Morgan fingerprint density at radius 1 is 1.07 bits per heavy atom. The van der Waals surface area contributed by atoms with Crippen molar-refractivity contribution >= 4 is 23.6 Å². The molecule has 0 aromatic heterocycles. The van der Waals surface area contributed by atoms with Crippen LogP contribution in [-0.4, -0.2) is 19.5 Å². The number of hydrogen-bond acceptors (Lipinski definition) is 6. The zero-order chi connectivity index (χ0) is 18.8. The molecular formula is C19H13ClN2O5. The predicted octanol–water partition coefficient (Wildman–Crippen LogP) is 3.02. The van der Waals surface area contributed by atoms with Gasteiger partial charge >= 0.3 is 0 Å². The van der Waals surface area contributed by atoms with E-state index >= 15 is 0 Å². The van der Waals surface area contributed by atoms with Crippen LogP contribution < -0.4 is 24.3 Å². The second-order valence-electron chi connectivity index (χ2n) is 5.77. The smallest absolute Gasteiger partial charge is 0.262 e. The minimum atomic E-state index is -0.510. The van der Waals surface area contributed by atoms with Crippen molar-refractivity contribution in [2.45, 2.75) is 6.54 Å². The van der Waals surface area contributed by atoms with E-state index in [1.165, 1.54) is 6.08 Å². The van der Waals surface area contributed by atoms with Gasteiger partial charge in [-0.2, -0.15) is 5.26 Å². The van der Waals surface area contributed by atoms with E-state index in [9.17, 15) is 10.1 Å². The zero-order valence-corrected chi connectivity index (χ0v) is 14.7. The van der Waals surface area contributed by atoms with Crippen LogP contribution in [0.1, 0.15) is 11.1 Å². The van der Waals surface area contributed by atoms with E-state index in [0.717, 1.165) is 5.56 Å². The van der Waals surface area contributed by atoms with E-state index in [1.54, 1.807) is 24.3 Å². The Balaban J connectivity index is 1.48. The number of nitrogens with zero attached hydrogens (tertiary/aromatic N) is 1. The van der Waals surface area contributed by atoms with Crippen molar-refractivity contribution in [3.63, 3.8) is 0 Å². The SMILES string of the molecule is N#CC(=Cc1cc2c(cc1Cl)OCO2)C(=O)NCc1ccc2c(c1)OCO2. The van der Waals surface area contributed by atoms with Crippen molar-refractivity contribution in [3.8, 4) is 29.1 Å². The maximum absolute atomic E-state index is 12.4. The molecule has 0 saturated carbocycles. The molecule has 0 atom stereocenters. The lowest BCUT2D eigenvalue weighted by Gasteiger charge is -2.06. The van der Waals surface area contributed by atoms with Gasteiger partial charge in [-0.05, 0) is 35.4 Å². The average Bonchev–Trinajstić information content (AvgIpc) is 3.32. The summed E-state index contributed by atoms with van der Waals surface area (Å²) in [6, 6.07) is 10.5. The van der Waals surface area contributed by atoms with Gasteiger partial charge in [0.05, 0.1) is 5.02 Å². The van der Waals surface area contributed by atoms with Crippen LogP contribution in [0.5, 0.6) is 23.0 Å². The van der Waals surface area contributed by atoms with Gasteiger partial charge in [0.15, 0.2) is 23.0 Å². The number of ether oxygens (including phenoxy) is 4. The van der Waals surface area contributed by atoms with E-state index < -0.39 is 5.91 Å². The van der Waals surface area contributed by atoms with Crippen molar-refractivity contribution in [1.82, 2.24) is 5.32 Å². The highest BCUT2D eigenvalue weighted by Crippen LogP contribution is 2.37. The summed E-state index contributed by atoms with van der Waals surface area (Å²) in [7, 11) is 0. The second-order valence-corrected chi connectivity index (χ2v) is 6.17. The molecule has 4 rings (SSSR count). The fraction of sp³-hybridized carbons (Fsp3) is 0.158. The molecule has 2 aliphatic heterocycles. The molecule has 1 N–H and O–H groups in total. The zero-order valence-electron chi connectivity index (χ0n) is 14.0. The van der Waals surface area contributed by atoms with Crippen molar-refractivity contribution < 1.29 is 23.7 Å². The Kier molecular flexibility index (Phi) is 4.48. The molecule has 0 saturated heterocycles. The highest BCUT2D eigenvalue weighted by molar-refractivity contribution is 6.32. The molecular weight excluding hydrogens is 372 g/mol. The van der Waals surface area contributed by atoms with E-state index in [2.05, 4.69) is 5.32 Å². The van der Waals surface area contributed by atoms with Crippen LogP contribution in [0.3, 0.4) is 0 Å². The molecule has 0 radical (unpaired) electrons. The second kappa shape index (κ2) is 7.09. The third kappa shape index (κ3) is 3.48. The number of amides is 1. The first-order valence-electron chi connectivity index (χ1n) is 8.02. The fourth-order valence-corrected chi connectivity index (χ4v) is 2.88. The summed E-state index contributed by atoms with van der Waals surface area (Å²) < 4.78 is 21.1. The number of fused-ring (bicyclic) bond motifs is 2. The monoisotopic (exact) mass is 384 g/mol. The summed E-state index contributed by atoms with van der Waals surface area (Å²) in [5.41, 5.74) is 1.25. The van der Waals surface area contributed by atoms with Crippen LogP contribution >= 0.6 is 11.6 Å². The van der Waals surface area contributed by atoms with Gasteiger partial charge in [-0.3, -0.25) is 4.79 Å². The number of halogens is 1. The average molecular weight is 385 g/mol. The topological polar surface area (TPSA) is 89.8 Å². The van der Waals surface area contributed by atoms with Gasteiger partial charge in [0.1, 0.15) is 11.6 Å².